The van der Waals surface area contributed by atoms with Crippen molar-refractivity contribution in [3.05, 3.63) is 63.3 Å². The molecule has 0 spiro atoms. The van der Waals surface area contributed by atoms with E-state index in [1.165, 1.54) is 17.7 Å². The summed E-state index contributed by atoms with van der Waals surface area (Å²) < 4.78 is 20.4. The molecule has 0 aliphatic carbocycles. The lowest BCUT2D eigenvalue weighted by atomic mass is 10.1. The number of nitrogens with two attached hydrogens (primary N) is 1. The molecule has 1 aromatic carbocycles. The summed E-state index contributed by atoms with van der Waals surface area (Å²) in [6.07, 6.45) is 0. The van der Waals surface area contributed by atoms with Crippen LogP contribution in [0.3, 0.4) is 0 Å². The first-order valence-electron chi connectivity index (χ1n) is 6.26. The van der Waals surface area contributed by atoms with Gasteiger partial charge in [-0.05, 0) is 25.1 Å². The van der Waals surface area contributed by atoms with Gasteiger partial charge in [-0.1, -0.05) is 18.3 Å². The number of nitrogens with zero attached hydrogens (tertiary/aromatic N) is 1. The minimum absolute atomic E-state index is 0.0314. The van der Waals surface area contributed by atoms with E-state index in [-0.39, 0.29) is 22.7 Å². The molecule has 21 heavy (non-hydrogen) atoms. The minimum atomic E-state index is -0.429. The summed E-state index contributed by atoms with van der Waals surface area (Å²) in [4.78, 5) is 12.3. The number of hydrogen-bond donors (Lipinski definition) is 1. The smallest absolute Gasteiger partial charge is 0.261 e. The lowest BCUT2D eigenvalue weighted by molar-refractivity contribution is 0.410. The molecule has 2 aromatic rings. The van der Waals surface area contributed by atoms with E-state index in [0.29, 0.717) is 17.0 Å². The van der Waals surface area contributed by atoms with E-state index in [0.717, 1.165) is 0 Å². The van der Waals surface area contributed by atoms with Crippen LogP contribution in [0.4, 0.5) is 4.39 Å². The second-order valence-electron chi connectivity index (χ2n) is 4.60. The Balaban J connectivity index is 2.47. The van der Waals surface area contributed by atoms with Crippen LogP contribution in [0, 0.1) is 12.7 Å². The molecule has 1 heterocycles. The first kappa shape index (κ1) is 15.2. The lowest BCUT2D eigenvalue weighted by Crippen LogP contribution is -2.30. The first-order chi connectivity index (χ1) is 9.93. The molecule has 4 nitrogen and oxygen atoms in total. The summed E-state index contributed by atoms with van der Waals surface area (Å²) in [5.41, 5.74) is 6.55. The molecule has 0 amide bonds. The monoisotopic (exact) mass is 306 g/mol. The Labute approximate surface area is 127 Å². The number of hydrogen-bond acceptors (Lipinski definition) is 3. The summed E-state index contributed by atoms with van der Waals surface area (Å²) >= 11 is 4.85. The van der Waals surface area contributed by atoms with Crippen molar-refractivity contribution >= 4 is 17.2 Å². The van der Waals surface area contributed by atoms with Gasteiger partial charge in [-0.25, -0.2) is 4.39 Å². The van der Waals surface area contributed by atoms with Crippen LogP contribution in [-0.2, 0) is 6.54 Å². The Morgan fingerprint density at radius 2 is 2.10 bits per heavy atom. The Morgan fingerprint density at radius 3 is 2.67 bits per heavy atom. The van der Waals surface area contributed by atoms with Crippen LogP contribution in [0.15, 0.2) is 35.1 Å². The van der Waals surface area contributed by atoms with Crippen molar-refractivity contribution in [1.82, 2.24) is 4.57 Å². The molecule has 0 unspecified atom stereocenters. The molecule has 0 aliphatic heterocycles. The molecule has 2 rings (SSSR count). The standard InChI is InChI=1S/C15H15FN2O2S/c1-9-3-6-12(14(17)21)15(19)18(9)8-10-4-5-11(20-2)7-13(10)16/h3-7H,8H2,1-2H3,(H2,17,21). The van der Waals surface area contributed by atoms with Crippen LogP contribution in [0.5, 0.6) is 5.75 Å². The Bertz CT molecular complexity index is 756. The fourth-order valence-electron chi connectivity index (χ4n) is 2.01. The number of halogens is 1. The zero-order valence-corrected chi connectivity index (χ0v) is 12.5. The summed E-state index contributed by atoms with van der Waals surface area (Å²) in [7, 11) is 1.47. The van der Waals surface area contributed by atoms with Crippen molar-refractivity contribution in [1.29, 1.82) is 0 Å². The summed E-state index contributed by atoms with van der Waals surface area (Å²) in [5, 5.41) is 0. The third-order valence-corrected chi connectivity index (χ3v) is 3.47. The number of rotatable bonds is 4. The molecule has 6 heteroatoms. The molecule has 0 radical (unpaired) electrons. The number of ether oxygens (including phenoxy) is 1. The van der Waals surface area contributed by atoms with Crippen LogP contribution in [0.1, 0.15) is 16.8 Å². The number of pyridine rings is 1. The molecular formula is C15H15FN2O2S. The van der Waals surface area contributed by atoms with Crippen LogP contribution in [-0.4, -0.2) is 16.7 Å². The molecule has 0 saturated heterocycles. The molecular weight excluding hydrogens is 291 g/mol. The highest BCUT2D eigenvalue weighted by Gasteiger charge is 2.11. The van der Waals surface area contributed by atoms with Gasteiger partial charge in [0.25, 0.3) is 5.56 Å². The maximum Gasteiger partial charge on any atom is 0.261 e. The van der Waals surface area contributed by atoms with Crippen molar-refractivity contribution < 1.29 is 9.13 Å². The Morgan fingerprint density at radius 1 is 1.38 bits per heavy atom. The molecule has 0 atom stereocenters. The van der Waals surface area contributed by atoms with Gasteiger partial charge in [0.15, 0.2) is 0 Å². The Hall–Kier alpha value is -2.21. The van der Waals surface area contributed by atoms with Gasteiger partial charge in [-0.15, -0.1) is 0 Å². The predicted octanol–water partition coefficient (Wildman–Crippen LogP) is 1.99. The lowest BCUT2D eigenvalue weighted by Gasteiger charge is -2.12. The first-order valence-corrected chi connectivity index (χ1v) is 6.67. The second kappa shape index (κ2) is 6.05. The van der Waals surface area contributed by atoms with Crippen LogP contribution >= 0.6 is 12.2 Å². The topological polar surface area (TPSA) is 57.2 Å². The minimum Gasteiger partial charge on any atom is -0.497 e. The molecule has 1 aromatic heterocycles. The van der Waals surface area contributed by atoms with Crippen molar-refractivity contribution in [2.45, 2.75) is 13.5 Å². The van der Waals surface area contributed by atoms with Gasteiger partial charge in [0.2, 0.25) is 0 Å². The van der Waals surface area contributed by atoms with Gasteiger partial charge in [0.05, 0.1) is 19.2 Å². The van der Waals surface area contributed by atoms with Gasteiger partial charge >= 0.3 is 0 Å². The van der Waals surface area contributed by atoms with Crippen molar-refractivity contribution in [2.24, 2.45) is 5.73 Å². The van der Waals surface area contributed by atoms with E-state index in [2.05, 4.69) is 0 Å². The number of benzene rings is 1. The molecule has 0 aliphatic rings. The normalized spacial score (nSPS) is 10.4. The zero-order chi connectivity index (χ0) is 15.6. The zero-order valence-electron chi connectivity index (χ0n) is 11.7. The van der Waals surface area contributed by atoms with E-state index >= 15 is 0 Å². The quantitative estimate of drug-likeness (QED) is 0.878. The van der Waals surface area contributed by atoms with E-state index in [1.807, 2.05) is 0 Å². The highest BCUT2D eigenvalue weighted by Crippen LogP contribution is 2.17. The van der Waals surface area contributed by atoms with E-state index in [4.69, 9.17) is 22.7 Å². The third-order valence-electron chi connectivity index (χ3n) is 3.25. The third kappa shape index (κ3) is 3.11. The maximum absolute atomic E-state index is 14.0. The van der Waals surface area contributed by atoms with Crippen molar-refractivity contribution in [2.75, 3.05) is 7.11 Å². The van der Waals surface area contributed by atoms with Gasteiger partial charge in [0.1, 0.15) is 16.6 Å². The summed E-state index contributed by atoms with van der Waals surface area (Å²) in [5.74, 6) is -0.00131. The van der Waals surface area contributed by atoms with Crippen LogP contribution in [0.25, 0.3) is 0 Å². The van der Waals surface area contributed by atoms with Gasteiger partial charge in [-0.2, -0.15) is 0 Å². The van der Waals surface area contributed by atoms with E-state index in [9.17, 15) is 9.18 Å². The highest BCUT2D eigenvalue weighted by molar-refractivity contribution is 7.80. The molecule has 0 saturated carbocycles. The second-order valence-corrected chi connectivity index (χ2v) is 5.04. The van der Waals surface area contributed by atoms with Gasteiger partial charge in [-0.3, -0.25) is 4.79 Å². The molecule has 0 bridgehead atoms. The average Bonchev–Trinajstić information content (AvgIpc) is 2.44. The van der Waals surface area contributed by atoms with Crippen LogP contribution in [0.2, 0.25) is 0 Å². The fraction of sp³-hybridized carbons (Fsp3) is 0.200. The fourth-order valence-corrected chi connectivity index (χ4v) is 2.16. The van der Waals surface area contributed by atoms with Crippen LogP contribution < -0.4 is 16.0 Å². The number of aromatic nitrogens is 1. The van der Waals surface area contributed by atoms with Crippen molar-refractivity contribution in [3.63, 3.8) is 0 Å². The molecule has 110 valence electrons. The van der Waals surface area contributed by atoms with E-state index < -0.39 is 5.82 Å². The Kier molecular flexibility index (Phi) is 4.37. The number of methoxy groups -OCH3 is 1. The van der Waals surface area contributed by atoms with E-state index in [1.54, 1.807) is 31.2 Å². The van der Waals surface area contributed by atoms with Crippen molar-refractivity contribution in [3.8, 4) is 5.75 Å². The molecule has 2 N–H and O–H groups in total. The predicted molar refractivity (Wildman–Crippen MR) is 83.4 cm³/mol. The largest absolute Gasteiger partial charge is 0.497 e. The number of aryl methyl sites for hydroxylation is 1. The number of thiocarbonyl (C=S) groups is 1. The van der Waals surface area contributed by atoms with Gasteiger partial charge in [0, 0.05) is 17.3 Å². The average molecular weight is 306 g/mol. The summed E-state index contributed by atoms with van der Waals surface area (Å²) in [6.45, 7) is 1.88. The highest BCUT2D eigenvalue weighted by atomic mass is 32.1. The summed E-state index contributed by atoms with van der Waals surface area (Å²) in [6, 6.07) is 7.84. The SMILES string of the molecule is COc1ccc(Cn2c(C)ccc(C(N)=S)c2=O)c(F)c1. The molecule has 0 fully saturated rings. The van der Waals surface area contributed by atoms with Gasteiger partial charge < -0.3 is 15.0 Å². The maximum atomic E-state index is 14.0.